The minimum absolute atomic E-state index is 0.111. The molecular weight excluding hydrogens is 212 g/mol. The number of amides is 1. The quantitative estimate of drug-likeness (QED) is 0.685. The van der Waals surface area contributed by atoms with Gasteiger partial charge in [-0.15, -0.1) is 0 Å². The molecule has 1 aliphatic carbocycles. The van der Waals surface area contributed by atoms with Gasteiger partial charge in [-0.1, -0.05) is 12.2 Å². The maximum absolute atomic E-state index is 12.4. The Labute approximate surface area is 104 Å². The third-order valence-corrected chi connectivity index (χ3v) is 4.01. The fraction of sp³-hybridized carbons (Fsp3) is 0.786. The molecule has 1 amide bonds. The summed E-state index contributed by atoms with van der Waals surface area (Å²) in [7, 11) is 4.03. The van der Waals surface area contributed by atoms with Crippen LogP contribution in [0.5, 0.6) is 0 Å². The summed E-state index contributed by atoms with van der Waals surface area (Å²) in [6.45, 7) is 0.966. The van der Waals surface area contributed by atoms with E-state index in [4.69, 9.17) is 0 Å². The van der Waals surface area contributed by atoms with E-state index in [0.717, 1.165) is 45.1 Å². The van der Waals surface area contributed by atoms with Crippen molar-refractivity contribution in [3.63, 3.8) is 0 Å². The number of rotatable bonds is 2. The second-order valence-electron chi connectivity index (χ2n) is 5.43. The second kappa shape index (κ2) is 5.67. The van der Waals surface area contributed by atoms with E-state index in [2.05, 4.69) is 22.0 Å². The highest BCUT2D eigenvalue weighted by Crippen LogP contribution is 2.24. The van der Waals surface area contributed by atoms with E-state index in [9.17, 15) is 4.79 Å². The molecule has 0 saturated carbocycles. The van der Waals surface area contributed by atoms with Gasteiger partial charge in [-0.2, -0.15) is 0 Å². The van der Waals surface area contributed by atoms with Gasteiger partial charge in [0.2, 0.25) is 5.91 Å². The summed E-state index contributed by atoms with van der Waals surface area (Å²) in [5, 5.41) is 0. The maximum Gasteiger partial charge on any atom is 0.240 e. The van der Waals surface area contributed by atoms with E-state index in [-0.39, 0.29) is 6.04 Å². The van der Waals surface area contributed by atoms with Crippen LogP contribution < -0.4 is 0 Å². The lowest BCUT2D eigenvalue weighted by molar-refractivity contribution is -0.142. The van der Waals surface area contributed by atoms with E-state index in [1.54, 1.807) is 0 Å². The molecule has 1 unspecified atom stereocenters. The lowest BCUT2D eigenvalue weighted by atomic mass is 9.98. The minimum atomic E-state index is 0.111. The third-order valence-electron chi connectivity index (χ3n) is 4.01. The van der Waals surface area contributed by atoms with Crippen molar-refractivity contribution in [2.45, 2.75) is 50.6 Å². The molecule has 1 aliphatic heterocycles. The summed E-state index contributed by atoms with van der Waals surface area (Å²) in [6.07, 6.45) is 11.2. The predicted molar refractivity (Wildman–Crippen MR) is 69.8 cm³/mol. The highest BCUT2D eigenvalue weighted by atomic mass is 16.2. The van der Waals surface area contributed by atoms with Crippen molar-refractivity contribution < 1.29 is 4.79 Å². The van der Waals surface area contributed by atoms with Crippen LogP contribution in [-0.2, 0) is 4.79 Å². The van der Waals surface area contributed by atoms with Crippen molar-refractivity contribution in [2.75, 3.05) is 20.6 Å². The molecule has 0 aromatic rings. The van der Waals surface area contributed by atoms with E-state index >= 15 is 0 Å². The van der Waals surface area contributed by atoms with Crippen LogP contribution in [0.4, 0.5) is 0 Å². The van der Waals surface area contributed by atoms with E-state index in [1.807, 2.05) is 14.1 Å². The molecule has 1 heterocycles. The molecule has 3 nitrogen and oxygen atoms in total. The van der Waals surface area contributed by atoms with Gasteiger partial charge in [0.05, 0.1) is 6.04 Å². The van der Waals surface area contributed by atoms with Gasteiger partial charge in [0.25, 0.3) is 0 Å². The van der Waals surface area contributed by atoms with E-state index in [0.29, 0.717) is 11.9 Å². The predicted octanol–water partition coefficient (Wildman–Crippen LogP) is 2.04. The van der Waals surface area contributed by atoms with Gasteiger partial charge in [-0.05, 0) is 52.6 Å². The first-order valence-electron chi connectivity index (χ1n) is 6.82. The van der Waals surface area contributed by atoms with Crippen LogP contribution >= 0.6 is 0 Å². The van der Waals surface area contributed by atoms with Crippen LogP contribution in [0.25, 0.3) is 0 Å². The Morgan fingerprint density at radius 2 is 1.82 bits per heavy atom. The van der Waals surface area contributed by atoms with Gasteiger partial charge < -0.3 is 4.90 Å². The zero-order chi connectivity index (χ0) is 12.3. The number of likely N-dealkylation sites (N-methyl/N-ethyl adjacent to an activating group) is 1. The Hall–Kier alpha value is -0.830. The summed E-state index contributed by atoms with van der Waals surface area (Å²) >= 11 is 0. The zero-order valence-electron chi connectivity index (χ0n) is 11.1. The largest absolute Gasteiger partial charge is 0.338 e. The summed E-state index contributed by atoms with van der Waals surface area (Å²) in [4.78, 5) is 16.7. The van der Waals surface area contributed by atoms with Crippen LogP contribution in [0.3, 0.4) is 0 Å². The molecule has 0 spiro atoms. The topological polar surface area (TPSA) is 23.6 Å². The molecule has 0 radical (unpaired) electrons. The Bertz CT molecular complexity index is 289. The van der Waals surface area contributed by atoms with Gasteiger partial charge in [0.15, 0.2) is 0 Å². The number of likely N-dealkylation sites (tertiary alicyclic amines) is 1. The first-order valence-corrected chi connectivity index (χ1v) is 6.82. The number of carbonyl (C=O) groups excluding carboxylic acids is 1. The number of piperidine rings is 1. The van der Waals surface area contributed by atoms with E-state index in [1.165, 1.54) is 0 Å². The molecular formula is C14H24N2O. The monoisotopic (exact) mass is 236 g/mol. The van der Waals surface area contributed by atoms with Crippen LogP contribution in [0.1, 0.15) is 38.5 Å². The molecule has 0 N–H and O–H groups in total. The molecule has 0 aromatic heterocycles. The van der Waals surface area contributed by atoms with Gasteiger partial charge in [0, 0.05) is 12.6 Å². The molecule has 1 saturated heterocycles. The molecule has 17 heavy (non-hydrogen) atoms. The number of nitrogens with zero attached hydrogens (tertiary/aromatic N) is 2. The standard InChI is InChI=1S/C14H24N2O/c1-15(2)13-10-7-11-16(14(13)17)12-8-5-3-4-6-9-12/h3-4,12-13H,5-11H2,1-2H3. The van der Waals surface area contributed by atoms with Crippen molar-refractivity contribution in [3.05, 3.63) is 12.2 Å². The highest BCUT2D eigenvalue weighted by Gasteiger charge is 2.33. The van der Waals surface area contributed by atoms with Gasteiger partial charge in [0.1, 0.15) is 0 Å². The summed E-state index contributed by atoms with van der Waals surface area (Å²) in [6, 6.07) is 0.584. The lowest BCUT2D eigenvalue weighted by Gasteiger charge is -2.40. The molecule has 1 atom stereocenters. The number of allylic oxidation sites excluding steroid dienone is 2. The molecule has 3 heteroatoms. The fourth-order valence-corrected chi connectivity index (χ4v) is 2.99. The lowest BCUT2D eigenvalue weighted by Crippen LogP contribution is -2.53. The Morgan fingerprint density at radius 3 is 2.41 bits per heavy atom. The average molecular weight is 236 g/mol. The van der Waals surface area contributed by atoms with Crippen molar-refractivity contribution in [2.24, 2.45) is 0 Å². The molecule has 2 rings (SSSR count). The van der Waals surface area contributed by atoms with Gasteiger partial charge in [-0.3, -0.25) is 9.69 Å². The summed E-state index contributed by atoms with van der Waals surface area (Å²) in [5.74, 6) is 0.355. The van der Waals surface area contributed by atoms with E-state index < -0.39 is 0 Å². The van der Waals surface area contributed by atoms with Crippen molar-refractivity contribution in [1.29, 1.82) is 0 Å². The van der Waals surface area contributed by atoms with Crippen LogP contribution in [0, 0.1) is 0 Å². The fourth-order valence-electron chi connectivity index (χ4n) is 2.99. The SMILES string of the molecule is CN(C)C1CCCN(C2CCC=CCC2)C1=O. The molecule has 0 aromatic carbocycles. The van der Waals surface area contributed by atoms with Crippen molar-refractivity contribution in [1.82, 2.24) is 9.80 Å². The zero-order valence-corrected chi connectivity index (χ0v) is 11.1. The molecule has 2 aliphatic rings. The normalized spacial score (nSPS) is 27.6. The van der Waals surface area contributed by atoms with Crippen LogP contribution in [0.15, 0.2) is 12.2 Å². The molecule has 0 bridgehead atoms. The smallest absolute Gasteiger partial charge is 0.240 e. The van der Waals surface area contributed by atoms with Gasteiger partial charge in [-0.25, -0.2) is 0 Å². The first kappa shape index (κ1) is 12.6. The Balaban J connectivity index is 2.01. The summed E-state index contributed by atoms with van der Waals surface area (Å²) < 4.78 is 0. The minimum Gasteiger partial charge on any atom is -0.338 e. The third kappa shape index (κ3) is 2.89. The van der Waals surface area contributed by atoms with Crippen molar-refractivity contribution in [3.8, 4) is 0 Å². The van der Waals surface area contributed by atoms with Crippen LogP contribution in [-0.4, -0.2) is 48.4 Å². The average Bonchev–Trinajstić information content (AvgIpc) is 2.57. The molecule has 96 valence electrons. The Kier molecular flexibility index (Phi) is 4.21. The highest BCUT2D eigenvalue weighted by molar-refractivity contribution is 5.82. The van der Waals surface area contributed by atoms with Gasteiger partial charge >= 0.3 is 0 Å². The van der Waals surface area contributed by atoms with Crippen molar-refractivity contribution >= 4 is 5.91 Å². The number of carbonyl (C=O) groups is 1. The Morgan fingerprint density at radius 1 is 1.18 bits per heavy atom. The first-order chi connectivity index (χ1) is 8.20. The maximum atomic E-state index is 12.4. The number of hydrogen-bond donors (Lipinski definition) is 0. The van der Waals surface area contributed by atoms with Crippen LogP contribution in [0.2, 0.25) is 0 Å². The number of hydrogen-bond acceptors (Lipinski definition) is 2. The second-order valence-corrected chi connectivity index (χ2v) is 5.43. The molecule has 1 fully saturated rings. The summed E-state index contributed by atoms with van der Waals surface area (Å²) in [5.41, 5.74) is 0.